The molecule has 1 saturated heterocycles. The van der Waals surface area contributed by atoms with Crippen molar-refractivity contribution in [3.8, 4) is 0 Å². The van der Waals surface area contributed by atoms with Gasteiger partial charge in [-0.3, -0.25) is 0 Å². The monoisotopic (exact) mass is 513 g/mol. The first-order valence-corrected chi connectivity index (χ1v) is 11.2. The Bertz CT molecular complexity index is 1400. The molecule has 3 heterocycles. The molecule has 0 N–H and O–H groups in total. The fourth-order valence-electron chi connectivity index (χ4n) is 3.95. The van der Waals surface area contributed by atoms with Gasteiger partial charge in [0.1, 0.15) is 29.8 Å². The molecule has 184 valence electrons. The second-order valence-electron chi connectivity index (χ2n) is 7.98. The minimum atomic E-state index is -3.72. The van der Waals surface area contributed by atoms with E-state index >= 15 is 8.78 Å². The number of aromatic nitrogens is 3. The Kier molecular flexibility index (Phi) is 6.38. The molecule has 0 spiro atoms. The number of rotatable bonds is 6. The van der Waals surface area contributed by atoms with Crippen LogP contribution in [0.5, 0.6) is 0 Å². The number of carbonyl (C=O) groups excluding carboxylic acids is 2. The molecule has 2 aromatic carbocycles. The van der Waals surface area contributed by atoms with Crippen LogP contribution in [0.3, 0.4) is 0 Å². The van der Waals surface area contributed by atoms with Gasteiger partial charge in [0.15, 0.2) is 6.10 Å². The van der Waals surface area contributed by atoms with Crippen molar-refractivity contribution in [1.29, 1.82) is 0 Å². The van der Waals surface area contributed by atoms with Crippen molar-refractivity contribution in [2.45, 2.75) is 24.4 Å². The maximum Gasteiger partial charge on any atom is 0.338 e. The lowest BCUT2D eigenvalue weighted by Crippen LogP contribution is -2.43. The SMILES string of the molecule is O=C(OC[C@H]1O[C@@H](n2ccc3c(Cl)ncnc32)C(F)(F)[C@@H]1OC(=O)c1ccccc1)c1ccccc1. The highest BCUT2D eigenvalue weighted by molar-refractivity contribution is 6.33. The number of nitrogens with zero attached hydrogens (tertiary/aromatic N) is 3. The molecule has 5 rings (SSSR count). The lowest BCUT2D eigenvalue weighted by Gasteiger charge is -2.24. The van der Waals surface area contributed by atoms with Gasteiger partial charge in [0.25, 0.3) is 0 Å². The molecule has 1 aliphatic rings. The highest BCUT2D eigenvalue weighted by atomic mass is 35.5. The Balaban J connectivity index is 1.45. The molecule has 2 aromatic heterocycles. The van der Waals surface area contributed by atoms with E-state index in [1.807, 2.05) is 0 Å². The van der Waals surface area contributed by atoms with Crippen LogP contribution in [-0.2, 0) is 14.2 Å². The largest absolute Gasteiger partial charge is 0.459 e. The van der Waals surface area contributed by atoms with Crippen molar-refractivity contribution in [1.82, 2.24) is 14.5 Å². The molecule has 0 radical (unpaired) electrons. The lowest BCUT2D eigenvalue weighted by molar-refractivity contribution is -0.140. The van der Waals surface area contributed by atoms with Crippen molar-refractivity contribution in [3.63, 3.8) is 0 Å². The molecule has 3 atom stereocenters. The van der Waals surface area contributed by atoms with Crippen LogP contribution in [-0.4, -0.2) is 51.2 Å². The summed E-state index contributed by atoms with van der Waals surface area (Å²) in [5, 5.41) is 0.427. The molecule has 0 aliphatic carbocycles. The second kappa shape index (κ2) is 9.63. The van der Waals surface area contributed by atoms with Gasteiger partial charge in [0.2, 0.25) is 6.23 Å². The zero-order valence-corrected chi connectivity index (χ0v) is 19.2. The van der Waals surface area contributed by atoms with Crippen LogP contribution < -0.4 is 0 Å². The van der Waals surface area contributed by atoms with Crippen molar-refractivity contribution < 1.29 is 32.6 Å². The Morgan fingerprint density at radius 3 is 2.28 bits per heavy atom. The molecule has 0 unspecified atom stereocenters. The van der Waals surface area contributed by atoms with Crippen LogP contribution in [0.4, 0.5) is 8.78 Å². The van der Waals surface area contributed by atoms with E-state index in [0.717, 1.165) is 10.9 Å². The van der Waals surface area contributed by atoms with Gasteiger partial charge in [-0.05, 0) is 30.3 Å². The summed E-state index contributed by atoms with van der Waals surface area (Å²) >= 11 is 6.07. The molecule has 1 aliphatic heterocycles. The van der Waals surface area contributed by atoms with Crippen molar-refractivity contribution >= 4 is 34.6 Å². The molecular formula is C25H18ClF2N3O5. The summed E-state index contributed by atoms with van der Waals surface area (Å²) < 4.78 is 48.8. The van der Waals surface area contributed by atoms with Gasteiger partial charge in [-0.25, -0.2) is 19.6 Å². The Hall–Kier alpha value is -3.89. The molecule has 4 aromatic rings. The number of esters is 2. The van der Waals surface area contributed by atoms with E-state index in [-0.39, 0.29) is 21.9 Å². The fourth-order valence-corrected chi connectivity index (χ4v) is 4.14. The quantitative estimate of drug-likeness (QED) is 0.272. The van der Waals surface area contributed by atoms with Crippen molar-refractivity contribution in [2.24, 2.45) is 0 Å². The van der Waals surface area contributed by atoms with E-state index in [2.05, 4.69) is 9.97 Å². The highest BCUT2D eigenvalue weighted by Crippen LogP contribution is 2.46. The van der Waals surface area contributed by atoms with Crippen LogP contribution in [0.2, 0.25) is 5.15 Å². The molecule has 11 heteroatoms. The van der Waals surface area contributed by atoms with E-state index in [9.17, 15) is 9.59 Å². The van der Waals surface area contributed by atoms with E-state index in [1.165, 1.54) is 36.5 Å². The normalized spacial score (nSPS) is 20.8. The van der Waals surface area contributed by atoms with Gasteiger partial charge in [-0.15, -0.1) is 0 Å². The second-order valence-corrected chi connectivity index (χ2v) is 8.34. The molecule has 0 saturated carbocycles. The number of halogens is 3. The van der Waals surface area contributed by atoms with Crippen molar-refractivity contribution in [2.75, 3.05) is 6.61 Å². The molecule has 0 bridgehead atoms. The van der Waals surface area contributed by atoms with Gasteiger partial charge in [-0.2, -0.15) is 8.78 Å². The summed E-state index contributed by atoms with van der Waals surface area (Å²) in [6.07, 6.45) is -2.98. The van der Waals surface area contributed by atoms with Gasteiger partial charge in [0.05, 0.1) is 16.5 Å². The fraction of sp³-hybridized carbons (Fsp3) is 0.200. The Morgan fingerprint density at radius 2 is 1.61 bits per heavy atom. The van der Waals surface area contributed by atoms with Gasteiger partial charge in [0, 0.05) is 6.20 Å². The molecule has 8 nitrogen and oxygen atoms in total. The average Bonchev–Trinajstić information content (AvgIpc) is 3.42. The smallest absolute Gasteiger partial charge is 0.338 e. The first-order valence-electron chi connectivity index (χ1n) is 10.8. The van der Waals surface area contributed by atoms with Gasteiger partial charge >= 0.3 is 17.9 Å². The highest BCUT2D eigenvalue weighted by Gasteiger charge is 2.62. The third-order valence-corrected chi connectivity index (χ3v) is 6.00. The topological polar surface area (TPSA) is 92.5 Å². The first kappa shape index (κ1) is 23.8. The summed E-state index contributed by atoms with van der Waals surface area (Å²) in [6.45, 7) is -0.582. The molecule has 1 fully saturated rings. The van der Waals surface area contributed by atoms with E-state index in [1.54, 1.807) is 36.4 Å². The van der Waals surface area contributed by atoms with Crippen LogP contribution in [0, 0.1) is 0 Å². The lowest BCUT2D eigenvalue weighted by atomic mass is 10.1. The van der Waals surface area contributed by atoms with E-state index < -0.39 is 42.9 Å². The number of carbonyl (C=O) groups is 2. The Morgan fingerprint density at radius 1 is 0.972 bits per heavy atom. The third-order valence-electron chi connectivity index (χ3n) is 5.69. The van der Waals surface area contributed by atoms with Crippen LogP contribution >= 0.6 is 11.6 Å². The molecular weight excluding hydrogens is 496 g/mol. The average molecular weight is 514 g/mol. The minimum Gasteiger partial charge on any atom is -0.459 e. The summed E-state index contributed by atoms with van der Waals surface area (Å²) in [6, 6.07) is 17.2. The summed E-state index contributed by atoms with van der Waals surface area (Å²) in [7, 11) is 0. The number of hydrogen-bond donors (Lipinski definition) is 0. The van der Waals surface area contributed by atoms with Crippen molar-refractivity contribution in [3.05, 3.63) is 95.5 Å². The minimum absolute atomic E-state index is 0.0838. The van der Waals surface area contributed by atoms with Crippen LogP contribution in [0.1, 0.15) is 26.9 Å². The zero-order chi connectivity index (χ0) is 25.3. The standard InChI is InChI=1S/C25H18ClF2N3O5/c26-20-17-11-12-31(21(17)30-14-29-20)24-25(27,28)19(36-23(33)16-9-5-2-6-10-16)18(35-24)13-34-22(32)15-7-3-1-4-8-15/h1-12,14,18-19,24H,13H2/t18-,19-,24-/m1/s1. The summed E-state index contributed by atoms with van der Waals surface area (Å²) in [4.78, 5) is 33.0. The molecule has 36 heavy (non-hydrogen) atoms. The number of alkyl halides is 2. The van der Waals surface area contributed by atoms with E-state index in [0.29, 0.717) is 5.39 Å². The maximum atomic E-state index is 15.8. The number of fused-ring (bicyclic) bond motifs is 1. The molecule has 0 amide bonds. The number of hydrogen-bond acceptors (Lipinski definition) is 7. The third kappa shape index (κ3) is 4.40. The van der Waals surface area contributed by atoms with Gasteiger partial charge in [-0.1, -0.05) is 48.0 Å². The zero-order valence-electron chi connectivity index (χ0n) is 18.5. The number of ether oxygens (including phenoxy) is 3. The summed E-state index contributed by atoms with van der Waals surface area (Å²) in [5.74, 6) is -5.42. The Labute approximate surface area is 208 Å². The summed E-state index contributed by atoms with van der Waals surface area (Å²) in [5.41, 5.74) is 0.428. The van der Waals surface area contributed by atoms with Crippen LogP contribution in [0.15, 0.2) is 79.3 Å². The van der Waals surface area contributed by atoms with E-state index in [4.69, 9.17) is 25.8 Å². The number of benzene rings is 2. The first-order chi connectivity index (χ1) is 17.4. The maximum absolute atomic E-state index is 15.8. The van der Waals surface area contributed by atoms with Crippen LogP contribution in [0.25, 0.3) is 11.0 Å². The predicted molar refractivity (Wildman–Crippen MR) is 124 cm³/mol. The van der Waals surface area contributed by atoms with Gasteiger partial charge < -0.3 is 18.8 Å². The predicted octanol–water partition coefficient (Wildman–Crippen LogP) is 4.70.